The fourth-order valence-corrected chi connectivity index (χ4v) is 1.58. The monoisotopic (exact) mass is 266 g/mol. The van der Waals surface area contributed by atoms with Crippen LogP contribution < -0.4 is 4.74 Å². The molecular weight excluding hydrogens is 256 g/mol. The zero-order chi connectivity index (χ0) is 10.7. The summed E-state index contributed by atoms with van der Waals surface area (Å²) >= 11 is 3.33. The average molecular weight is 267 g/mol. The number of ether oxygens (including phenoxy) is 1. The lowest BCUT2D eigenvalue weighted by Gasteiger charge is -2.06. The van der Waals surface area contributed by atoms with Crippen LogP contribution in [0, 0.1) is 6.92 Å². The summed E-state index contributed by atoms with van der Waals surface area (Å²) in [6, 6.07) is 7.95. The summed E-state index contributed by atoms with van der Waals surface area (Å²) in [6.45, 7) is 2.46. The van der Waals surface area contributed by atoms with Gasteiger partial charge in [-0.1, -0.05) is 12.1 Å². The van der Waals surface area contributed by atoms with E-state index in [0.717, 1.165) is 10.2 Å². The second-order valence-electron chi connectivity index (χ2n) is 3.29. The Morgan fingerprint density at radius 2 is 2.33 bits per heavy atom. The summed E-state index contributed by atoms with van der Waals surface area (Å²) in [7, 11) is 0. The van der Waals surface area contributed by atoms with Crippen LogP contribution in [-0.4, -0.2) is 9.78 Å². The highest BCUT2D eigenvalue weighted by molar-refractivity contribution is 9.10. The number of nitrogens with zero attached hydrogens (tertiary/aromatic N) is 2. The van der Waals surface area contributed by atoms with Crippen LogP contribution in [-0.2, 0) is 6.73 Å². The third-order valence-corrected chi connectivity index (χ3v) is 2.36. The first-order chi connectivity index (χ1) is 7.24. The van der Waals surface area contributed by atoms with Crippen LogP contribution >= 0.6 is 15.9 Å². The van der Waals surface area contributed by atoms with E-state index in [1.165, 1.54) is 5.56 Å². The highest BCUT2D eigenvalue weighted by atomic mass is 79.9. The molecule has 0 N–H and O–H groups in total. The van der Waals surface area contributed by atoms with Gasteiger partial charge in [0.25, 0.3) is 0 Å². The Balaban J connectivity index is 1.99. The minimum Gasteiger partial charge on any atom is -0.471 e. The van der Waals surface area contributed by atoms with E-state index in [1.54, 1.807) is 10.9 Å². The van der Waals surface area contributed by atoms with E-state index in [-0.39, 0.29) is 0 Å². The van der Waals surface area contributed by atoms with Gasteiger partial charge < -0.3 is 4.74 Å². The summed E-state index contributed by atoms with van der Waals surface area (Å²) in [6.07, 6.45) is 3.61. The van der Waals surface area contributed by atoms with Gasteiger partial charge in [0, 0.05) is 6.20 Å². The van der Waals surface area contributed by atoms with Gasteiger partial charge in [-0.2, -0.15) is 5.10 Å². The Morgan fingerprint density at radius 1 is 1.47 bits per heavy atom. The van der Waals surface area contributed by atoms with Crippen molar-refractivity contribution in [2.75, 3.05) is 0 Å². The molecule has 1 heterocycles. The molecule has 0 radical (unpaired) electrons. The van der Waals surface area contributed by atoms with Gasteiger partial charge in [-0.15, -0.1) is 0 Å². The molecule has 0 bridgehead atoms. The molecule has 1 aromatic heterocycles. The smallest absolute Gasteiger partial charge is 0.180 e. The summed E-state index contributed by atoms with van der Waals surface area (Å²) < 4.78 is 8.25. The molecule has 0 aliphatic carbocycles. The molecule has 0 atom stereocenters. The van der Waals surface area contributed by atoms with Gasteiger partial charge in [0.15, 0.2) is 6.73 Å². The first kappa shape index (κ1) is 10.2. The van der Waals surface area contributed by atoms with Crippen LogP contribution in [0.2, 0.25) is 0 Å². The van der Waals surface area contributed by atoms with Crippen molar-refractivity contribution in [2.45, 2.75) is 13.7 Å². The molecule has 15 heavy (non-hydrogen) atoms. The third kappa shape index (κ3) is 2.83. The lowest BCUT2D eigenvalue weighted by atomic mass is 10.2. The van der Waals surface area contributed by atoms with Crippen molar-refractivity contribution in [1.29, 1.82) is 0 Å². The van der Waals surface area contributed by atoms with E-state index >= 15 is 0 Å². The van der Waals surface area contributed by atoms with Crippen LogP contribution in [0.5, 0.6) is 5.75 Å². The van der Waals surface area contributed by atoms with Crippen molar-refractivity contribution < 1.29 is 4.74 Å². The first-order valence-corrected chi connectivity index (χ1v) is 5.41. The van der Waals surface area contributed by atoms with Crippen LogP contribution in [0.1, 0.15) is 5.56 Å². The van der Waals surface area contributed by atoms with Crippen molar-refractivity contribution in [1.82, 2.24) is 9.78 Å². The highest BCUT2D eigenvalue weighted by Gasteiger charge is 1.96. The van der Waals surface area contributed by atoms with Crippen molar-refractivity contribution >= 4 is 15.9 Å². The van der Waals surface area contributed by atoms with Gasteiger partial charge >= 0.3 is 0 Å². The van der Waals surface area contributed by atoms with E-state index in [4.69, 9.17) is 4.74 Å². The van der Waals surface area contributed by atoms with Crippen LogP contribution in [0.25, 0.3) is 0 Å². The zero-order valence-electron chi connectivity index (χ0n) is 8.35. The zero-order valence-corrected chi connectivity index (χ0v) is 9.94. The van der Waals surface area contributed by atoms with Crippen LogP contribution in [0.4, 0.5) is 0 Å². The quantitative estimate of drug-likeness (QED) is 0.854. The minimum atomic E-state index is 0.426. The molecule has 0 aliphatic heterocycles. The molecule has 0 spiro atoms. The highest BCUT2D eigenvalue weighted by Crippen LogP contribution is 2.13. The Labute approximate surface area is 96.8 Å². The predicted octanol–water partition coefficient (Wildman–Crippen LogP) is 2.99. The van der Waals surface area contributed by atoms with Crippen LogP contribution in [0.3, 0.4) is 0 Å². The predicted molar refractivity (Wildman–Crippen MR) is 61.7 cm³/mol. The fraction of sp³-hybridized carbons (Fsp3) is 0.182. The number of rotatable bonds is 3. The second-order valence-corrected chi connectivity index (χ2v) is 4.20. The molecule has 2 rings (SSSR count). The molecule has 4 heteroatoms. The fourth-order valence-electron chi connectivity index (χ4n) is 1.25. The SMILES string of the molecule is Cc1cccc(OCn2cc(Br)cn2)c1. The van der Waals surface area contributed by atoms with Gasteiger partial charge in [-0.05, 0) is 40.5 Å². The maximum atomic E-state index is 5.57. The summed E-state index contributed by atoms with van der Waals surface area (Å²) in [5.74, 6) is 0.863. The minimum absolute atomic E-state index is 0.426. The van der Waals surface area contributed by atoms with Gasteiger partial charge in [0.1, 0.15) is 5.75 Å². The molecule has 0 fully saturated rings. The van der Waals surface area contributed by atoms with Crippen molar-refractivity contribution in [2.24, 2.45) is 0 Å². The number of hydrogen-bond acceptors (Lipinski definition) is 2. The standard InChI is InChI=1S/C11H11BrN2O/c1-9-3-2-4-11(5-9)15-8-14-7-10(12)6-13-14/h2-7H,8H2,1H3. The van der Waals surface area contributed by atoms with Gasteiger partial charge in [-0.3, -0.25) is 0 Å². The van der Waals surface area contributed by atoms with E-state index in [9.17, 15) is 0 Å². The molecule has 1 aromatic carbocycles. The van der Waals surface area contributed by atoms with Crippen molar-refractivity contribution in [3.63, 3.8) is 0 Å². The molecule has 0 aliphatic rings. The van der Waals surface area contributed by atoms with Crippen LogP contribution in [0.15, 0.2) is 41.1 Å². The summed E-state index contributed by atoms with van der Waals surface area (Å²) in [4.78, 5) is 0. The number of aryl methyl sites for hydroxylation is 1. The van der Waals surface area contributed by atoms with Gasteiger partial charge in [0.2, 0.25) is 0 Å². The maximum Gasteiger partial charge on any atom is 0.180 e. The first-order valence-electron chi connectivity index (χ1n) is 4.61. The Hall–Kier alpha value is -1.29. The molecular formula is C11H11BrN2O. The normalized spacial score (nSPS) is 10.3. The van der Waals surface area contributed by atoms with E-state index in [1.807, 2.05) is 37.4 Å². The summed E-state index contributed by atoms with van der Waals surface area (Å²) in [5.41, 5.74) is 1.19. The Morgan fingerprint density at radius 3 is 3.00 bits per heavy atom. The maximum absolute atomic E-state index is 5.57. The Bertz CT molecular complexity index is 453. The van der Waals surface area contributed by atoms with Gasteiger partial charge in [0.05, 0.1) is 10.7 Å². The second kappa shape index (κ2) is 4.49. The average Bonchev–Trinajstić information content (AvgIpc) is 2.62. The van der Waals surface area contributed by atoms with Crippen molar-refractivity contribution in [3.05, 3.63) is 46.7 Å². The van der Waals surface area contributed by atoms with Crippen molar-refractivity contribution in [3.8, 4) is 5.75 Å². The number of benzene rings is 1. The van der Waals surface area contributed by atoms with E-state index in [0.29, 0.717) is 6.73 Å². The summed E-state index contributed by atoms with van der Waals surface area (Å²) in [5, 5.41) is 4.10. The lowest BCUT2D eigenvalue weighted by Crippen LogP contribution is -2.05. The number of aromatic nitrogens is 2. The topological polar surface area (TPSA) is 27.1 Å². The number of halogens is 1. The Kier molecular flexibility index (Phi) is 3.06. The van der Waals surface area contributed by atoms with Gasteiger partial charge in [-0.25, -0.2) is 4.68 Å². The molecule has 3 nitrogen and oxygen atoms in total. The third-order valence-electron chi connectivity index (χ3n) is 1.95. The molecule has 2 aromatic rings. The van der Waals surface area contributed by atoms with E-state index < -0.39 is 0 Å². The molecule has 0 saturated carbocycles. The molecule has 0 saturated heterocycles. The lowest BCUT2D eigenvalue weighted by molar-refractivity contribution is 0.221. The number of hydrogen-bond donors (Lipinski definition) is 0. The molecule has 78 valence electrons. The molecule has 0 amide bonds. The van der Waals surface area contributed by atoms with E-state index in [2.05, 4.69) is 21.0 Å². The largest absolute Gasteiger partial charge is 0.471 e. The molecule has 0 unspecified atom stereocenters.